The molecule has 1 aliphatic heterocycles. The number of hydrogen-bond acceptors (Lipinski definition) is 6. The first-order valence-electron chi connectivity index (χ1n) is 11.0. The molecule has 8 heteroatoms. The molecule has 0 N–H and O–H groups in total. The Morgan fingerprint density at radius 3 is 2.80 bits per heavy atom. The highest BCUT2D eigenvalue weighted by atomic mass is 19.1. The van der Waals surface area contributed by atoms with Gasteiger partial charge in [0.15, 0.2) is 0 Å². The van der Waals surface area contributed by atoms with Crippen LogP contribution in [0, 0.1) is 23.6 Å². The van der Waals surface area contributed by atoms with E-state index in [4.69, 9.17) is 9.47 Å². The Morgan fingerprint density at radius 1 is 1.20 bits per heavy atom. The van der Waals surface area contributed by atoms with E-state index in [1.807, 2.05) is 10.9 Å². The number of methoxy groups -OCH3 is 1. The van der Waals surface area contributed by atoms with E-state index in [1.54, 1.807) is 19.4 Å². The number of likely N-dealkylation sites (tertiary alicyclic amines) is 1. The molecule has 162 valence electrons. The van der Waals surface area contributed by atoms with Gasteiger partial charge in [0.2, 0.25) is 0 Å². The van der Waals surface area contributed by atoms with E-state index < -0.39 is 0 Å². The number of nitrogens with zero attached hydrogens (tertiary/aromatic N) is 5. The molecule has 3 aliphatic rings. The van der Waals surface area contributed by atoms with Crippen molar-refractivity contribution in [1.82, 2.24) is 24.9 Å². The predicted octanol–water partition coefficient (Wildman–Crippen LogP) is 2.84. The molecule has 1 saturated heterocycles. The standard InChI is InChI=1S/C22H30FN5O2/c1-29-14-18-11-28(26-25-18)21-7-16-9-27(12-20-19(23)3-2-6-24-20)10-17(16)8-22(21)30-13-15-4-5-15/h2-3,6,11,15-17,21-22H,4-5,7-10,12-14H2,1H3/t16-,17+,21-,22-/m1/s1. The van der Waals surface area contributed by atoms with Crippen molar-refractivity contribution in [3.05, 3.63) is 41.7 Å². The molecule has 0 radical (unpaired) electrons. The van der Waals surface area contributed by atoms with Gasteiger partial charge in [-0.05, 0) is 55.6 Å². The van der Waals surface area contributed by atoms with Gasteiger partial charge in [-0.15, -0.1) is 5.10 Å². The van der Waals surface area contributed by atoms with Crippen LogP contribution < -0.4 is 0 Å². The van der Waals surface area contributed by atoms with Gasteiger partial charge in [0.05, 0.1) is 30.6 Å². The van der Waals surface area contributed by atoms with Gasteiger partial charge in [-0.3, -0.25) is 9.88 Å². The Bertz CT molecular complexity index is 858. The topological polar surface area (TPSA) is 65.3 Å². The van der Waals surface area contributed by atoms with Gasteiger partial charge in [-0.1, -0.05) is 5.21 Å². The fourth-order valence-electron chi connectivity index (χ4n) is 5.05. The van der Waals surface area contributed by atoms with Crippen molar-refractivity contribution >= 4 is 0 Å². The molecule has 5 rings (SSSR count). The van der Waals surface area contributed by atoms with E-state index in [1.165, 1.54) is 18.9 Å². The number of hydrogen-bond donors (Lipinski definition) is 0. The Morgan fingerprint density at radius 2 is 2.03 bits per heavy atom. The van der Waals surface area contributed by atoms with E-state index in [2.05, 4.69) is 20.2 Å². The summed E-state index contributed by atoms with van der Waals surface area (Å²) in [5.74, 6) is 1.64. The minimum Gasteiger partial charge on any atom is -0.378 e. The Labute approximate surface area is 176 Å². The molecule has 7 nitrogen and oxygen atoms in total. The molecule has 0 spiro atoms. The van der Waals surface area contributed by atoms with Crippen LogP contribution in [0.2, 0.25) is 0 Å². The van der Waals surface area contributed by atoms with Crippen LogP contribution in [0.4, 0.5) is 4.39 Å². The van der Waals surface area contributed by atoms with E-state index in [9.17, 15) is 4.39 Å². The third kappa shape index (κ3) is 4.40. The normalized spacial score (nSPS) is 29.3. The summed E-state index contributed by atoms with van der Waals surface area (Å²) < 4.78 is 27.7. The lowest BCUT2D eigenvalue weighted by molar-refractivity contribution is -0.0376. The average Bonchev–Trinajstić information content (AvgIpc) is 3.31. The third-order valence-electron chi connectivity index (χ3n) is 6.80. The van der Waals surface area contributed by atoms with Gasteiger partial charge in [0.1, 0.15) is 11.5 Å². The maximum Gasteiger partial charge on any atom is 0.146 e. The third-order valence-corrected chi connectivity index (χ3v) is 6.80. The molecule has 3 fully saturated rings. The molecule has 0 amide bonds. The SMILES string of the molecule is COCc1cn([C@@H]2C[C@@H]3CN(Cc4ncccc4F)C[C@@H]3C[C@H]2OCC2CC2)nn1. The highest BCUT2D eigenvalue weighted by Gasteiger charge is 2.44. The number of ether oxygens (including phenoxy) is 2. The molecule has 2 aromatic heterocycles. The molecule has 4 atom stereocenters. The molecule has 0 aromatic carbocycles. The van der Waals surface area contributed by atoms with Gasteiger partial charge in [0, 0.05) is 39.5 Å². The van der Waals surface area contributed by atoms with Crippen molar-refractivity contribution in [3.8, 4) is 0 Å². The maximum atomic E-state index is 14.1. The first-order chi connectivity index (χ1) is 14.7. The van der Waals surface area contributed by atoms with Gasteiger partial charge >= 0.3 is 0 Å². The first-order valence-corrected chi connectivity index (χ1v) is 11.0. The van der Waals surface area contributed by atoms with Crippen molar-refractivity contribution in [2.45, 2.75) is 51.0 Å². The predicted molar refractivity (Wildman–Crippen MR) is 108 cm³/mol. The van der Waals surface area contributed by atoms with Crippen LogP contribution in [0.15, 0.2) is 24.5 Å². The van der Waals surface area contributed by atoms with Crippen LogP contribution >= 0.6 is 0 Å². The summed E-state index contributed by atoms with van der Waals surface area (Å²) in [5.41, 5.74) is 1.38. The zero-order chi connectivity index (χ0) is 20.5. The Balaban J connectivity index is 1.29. The number of pyridine rings is 1. The zero-order valence-corrected chi connectivity index (χ0v) is 17.5. The second-order valence-electron chi connectivity index (χ2n) is 9.12. The quantitative estimate of drug-likeness (QED) is 0.661. The molecule has 2 aliphatic carbocycles. The molecule has 30 heavy (non-hydrogen) atoms. The summed E-state index contributed by atoms with van der Waals surface area (Å²) in [7, 11) is 1.67. The van der Waals surface area contributed by atoms with E-state index >= 15 is 0 Å². The molecule has 0 unspecified atom stereocenters. The summed E-state index contributed by atoms with van der Waals surface area (Å²) >= 11 is 0. The van der Waals surface area contributed by atoms with E-state index in [-0.39, 0.29) is 18.0 Å². The molecular weight excluding hydrogens is 385 g/mol. The summed E-state index contributed by atoms with van der Waals surface area (Å²) in [6.07, 6.45) is 8.41. The minimum atomic E-state index is -0.218. The van der Waals surface area contributed by atoms with E-state index in [0.29, 0.717) is 30.7 Å². The minimum absolute atomic E-state index is 0.149. The summed E-state index contributed by atoms with van der Waals surface area (Å²) in [6.45, 7) is 3.82. The molecule has 2 aromatic rings. The van der Waals surface area contributed by atoms with Gasteiger partial charge in [0.25, 0.3) is 0 Å². The first kappa shape index (κ1) is 20.0. The molecular formula is C22H30FN5O2. The van der Waals surface area contributed by atoms with Crippen molar-refractivity contribution in [1.29, 1.82) is 0 Å². The highest BCUT2D eigenvalue weighted by molar-refractivity contribution is 5.08. The Kier molecular flexibility index (Phi) is 5.80. The Hall–Kier alpha value is -1.90. The van der Waals surface area contributed by atoms with Crippen molar-refractivity contribution in [2.24, 2.45) is 17.8 Å². The second-order valence-corrected chi connectivity index (χ2v) is 9.12. The van der Waals surface area contributed by atoms with Crippen molar-refractivity contribution < 1.29 is 13.9 Å². The van der Waals surface area contributed by atoms with Crippen LogP contribution in [0.1, 0.15) is 43.1 Å². The lowest BCUT2D eigenvalue weighted by Crippen LogP contribution is -2.38. The monoisotopic (exact) mass is 415 g/mol. The highest BCUT2D eigenvalue weighted by Crippen LogP contribution is 2.43. The van der Waals surface area contributed by atoms with Gasteiger partial charge < -0.3 is 9.47 Å². The number of fused-ring (bicyclic) bond motifs is 1. The largest absolute Gasteiger partial charge is 0.378 e. The lowest BCUT2D eigenvalue weighted by atomic mass is 9.77. The van der Waals surface area contributed by atoms with E-state index in [0.717, 1.165) is 44.1 Å². The number of halogens is 1. The van der Waals surface area contributed by atoms with Crippen LogP contribution in [0.5, 0.6) is 0 Å². The second kappa shape index (κ2) is 8.69. The van der Waals surface area contributed by atoms with Crippen LogP contribution in [-0.2, 0) is 22.6 Å². The maximum absolute atomic E-state index is 14.1. The lowest BCUT2D eigenvalue weighted by Gasteiger charge is -2.37. The average molecular weight is 416 g/mol. The van der Waals surface area contributed by atoms with Crippen molar-refractivity contribution in [3.63, 3.8) is 0 Å². The fourth-order valence-corrected chi connectivity index (χ4v) is 5.05. The summed E-state index contributed by atoms with van der Waals surface area (Å²) in [4.78, 5) is 6.58. The van der Waals surface area contributed by atoms with Gasteiger partial charge in [-0.25, -0.2) is 9.07 Å². The number of rotatable bonds is 8. The summed E-state index contributed by atoms with van der Waals surface area (Å²) in [5, 5.41) is 8.66. The van der Waals surface area contributed by atoms with Gasteiger partial charge in [-0.2, -0.15) is 0 Å². The molecule has 2 saturated carbocycles. The molecule has 3 heterocycles. The number of aromatic nitrogens is 4. The smallest absolute Gasteiger partial charge is 0.146 e. The zero-order valence-electron chi connectivity index (χ0n) is 17.5. The summed E-state index contributed by atoms with van der Waals surface area (Å²) in [6, 6.07) is 3.32. The van der Waals surface area contributed by atoms with Crippen LogP contribution in [0.25, 0.3) is 0 Å². The van der Waals surface area contributed by atoms with Crippen LogP contribution in [-0.4, -0.2) is 57.8 Å². The van der Waals surface area contributed by atoms with Crippen LogP contribution in [0.3, 0.4) is 0 Å². The van der Waals surface area contributed by atoms with Crippen molar-refractivity contribution in [2.75, 3.05) is 26.8 Å². The molecule has 0 bridgehead atoms. The fraction of sp³-hybridized carbons (Fsp3) is 0.682.